The Morgan fingerprint density at radius 3 is 2.30 bits per heavy atom. The van der Waals surface area contributed by atoms with Crippen molar-refractivity contribution >= 4 is 17.9 Å². The maximum Gasteiger partial charge on any atom is 0.329 e. The van der Waals surface area contributed by atoms with Crippen molar-refractivity contribution in [1.29, 1.82) is 0 Å². The number of carboxylic acid groups (broad SMARTS) is 1. The molecule has 0 radical (unpaired) electrons. The molecular formula is C13H23N3O4. The molecule has 0 aromatic heterocycles. The highest BCUT2D eigenvalue weighted by Gasteiger charge is 2.33. The molecule has 1 aliphatic heterocycles. The Morgan fingerprint density at radius 1 is 1.30 bits per heavy atom. The van der Waals surface area contributed by atoms with Crippen LogP contribution in [0.1, 0.15) is 40.0 Å². The van der Waals surface area contributed by atoms with E-state index in [4.69, 9.17) is 5.11 Å². The summed E-state index contributed by atoms with van der Waals surface area (Å²) in [6.45, 7) is 6.14. The monoisotopic (exact) mass is 285 g/mol. The third kappa shape index (κ3) is 3.85. The van der Waals surface area contributed by atoms with E-state index in [-0.39, 0.29) is 12.3 Å². The van der Waals surface area contributed by atoms with Gasteiger partial charge in [0.05, 0.1) is 0 Å². The fraction of sp³-hybridized carbons (Fsp3) is 0.769. The van der Waals surface area contributed by atoms with Gasteiger partial charge in [-0.3, -0.25) is 4.79 Å². The molecule has 3 amide bonds. The average Bonchev–Trinajstić information content (AvgIpc) is 2.90. The molecule has 0 bridgehead atoms. The molecule has 2 unspecified atom stereocenters. The molecule has 1 aliphatic rings. The average molecular weight is 285 g/mol. The number of carbonyl (C=O) groups is 3. The third-order valence-corrected chi connectivity index (χ3v) is 3.70. The van der Waals surface area contributed by atoms with Gasteiger partial charge in [-0.05, 0) is 33.1 Å². The van der Waals surface area contributed by atoms with E-state index in [0.29, 0.717) is 13.1 Å². The number of nitrogens with zero attached hydrogens (tertiary/aromatic N) is 1. The highest BCUT2D eigenvalue weighted by molar-refractivity contribution is 5.89. The fourth-order valence-electron chi connectivity index (χ4n) is 2.05. The SMILES string of the molecule is CCC(C)(NC(=O)NC(C)C(=O)N1CCCC1)C(=O)O. The van der Waals surface area contributed by atoms with Crippen LogP contribution >= 0.6 is 0 Å². The van der Waals surface area contributed by atoms with E-state index in [1.165, 1.54) is 6.92 Å². The van der Waals surface area contributed by atoms with Crippen molar-refractivity contribution in [1.82, 2.24) is 15.5 Å². The number of amides is 3. The Morgan fingerprint density at radius 2 is 1.85 bits per heavy atom. The van der Waals surface area contributed by atoms with Crippen molar-refractivity contribution in [3.8, 4) is 0 Å². The molecular weight excluding hydrogens is 262 g/mol. The fourth-order valence-corrected chi connectivity index (χ4v) is 2.05. The van der Waals surface area contributed by atoms with E-state index in [1.54, 1.807) is 18.7 Å². The smallest absolute Gasteiger partial charge is 0.329 e. The normalized spacial score (nSPS) is 19.1. The Labute approximate surface area is 118 Å². The van der Waals surface area contributed by atoms with Gasteiger partial charge in [-0.2, -0.15) is 0 Å². The van der Waals surface area contributed by atoms with Crippen LogP contribution in [0.2, 0.25) is 0 Å². The molecule has 1 saturated heterocycles. The van der Waals surface area contributed by atoms with Gasteiger partial charge in [-0.15, -0.1) is 0 Å². The second-order valence-corrected chi connectivity index (χ2v) is 5.34. The highest BCUT2D eigenvalue weighted by atomic mass is 16.4. The molecule has 1 rings (SSSR count). The lowest BCUT2D eigenvalue weighted by atomic mass is 10.00. The summed E-state index contributed by atoms with van der Waals surface area (Å²) in [4.78, 5) is 36.6. The van der Waals surface area contributed by atoms with Crippen LogP contribution in [-0.4, -0.2) is 52.6 Å². The van der Waals surface area contributed by atoms with Gasteiger partial charge in [0.25, 0.3) is 0 Å². The van der Waals surface area contributed by atoms with E-state index < -0.39 is 23.6 Å². The largest absolute Gasteiger partial charge is 0.480 e. The quantitative estimate of drug-likeness (QED) is 0.687. The van der Waals surface area contributed by atoms with Crippen LogP contribution in [0.4, 0.5) is 4.79 Å². The minimum Gasteiger partial charge on any atom is -0.480 e. The molecule has 0 aromatic rings. The standard InChI is InChI=1S/C13H23N3O4/c1-4-13(3,11(18)19)15-12(20)14-9(2)10(17)16-7-5-6-8-16/h9H,4-8H2,1-3H3,(H,18,19)(H2,14,15,20). The second-order valence-electron chi connectivity index (χ2n) is 5.34. The molecule has 2 atom stereocenters. The van der Waals surface area contributed by atoms with Gasteiger partial charge in [-0.25, -0.2) is 9.59 Å². The zero-order valence-electron chi connectivity index (χ0n) is 12.2. The molecule has 20 heavy (non-hydrogen) atoms. The van der Waals surface area contributed by atoms with Gasteiger partial charge in [-0.1, -0.05) is 6.92 Å². The summed E-state index contributed by atoms with van der Waals surface area (Å²) in [5.41, 5.74) is -1.33. The van der Waals surface area contributed by atoms with Gasteiger partial charge in [0.1, 0.15) is 11.6 Å². The Balaban J connectivity index is 2.52. The van der Waals surface area contributed by atoms with E-state index in [0.717, 1.165) is 12.8 Å². The van der Waals surface area contributed by atoms with E-state index in [1.807, 2.05) is 0 Å². The lowest BCUT2D eigenvalue weighted by molar-refractivity contribution is -0.143. The van der Waals surface area contributed by atoms with Gasteiger partial charge in [0.15, 0.2) is 0 Å². The van der Waals surface area contributed by atoms with Crippen LogP contribution in [0.3, 0.4) is 0 Å². The number of carbonyl (C=O) groups excluding carboxylic acids is 2. The lowest BCUT2D eigenvalue weighted by Gasteiger charge is -2.26. The van der Waals surface area contributed by atoms with Crippen molar-refractivity contribution in [2.45, 2.75) is 51.6 Å². The van der Waals surface area contributed by atoms with Gasteiger partial charge in [0, 0.05) is 13.1 Å². The van der Waals surface area contributed by atoms with E-state index in [9.17, 15) is 14.4 Å². The third-order valence-electron chi connectivity index (χ3n) is 3.70. The first-order valence-corrected chi connectivity index (χ1v) is 6.91. The Kier molecular flexibility index (Phi) is 5.35. The highest BCUT2D eigenvalue weighted by Crippen LogP contribution is 2.10. The maximum atomic E-state index is 12.0. The van der Waals surface area contributed by atoms with Crippen molar-refractivity contribution in [3.63, 3.8) is 0 Å². The van der Waals surface area contributed by atoms with Crippen LogP contribution in [0, 0.1) is 0 Å². The molecule has 0 spiro atoms. The second kappa shape index (κ2) is 6.58. The minimum atomic E-state index is -1.33. The van der Waals surface area contributed by atoms with Crippen LogP contribution in [-0.2, 0) is 9.59 Å². The van der Waals surface area contributed by atoms with Crippen LogP contribution in [0.5, 0.6) is 0 Å². The summed E-state index contributed by atoms with van der Waals surface area (Å²) < 4.78 is 0. The number of rotatable bonds is 5. The summed E-state index contributed by atoms with van der Waals surface area (Å²) in [6.07, 6.45) is 2.22. The summed E-state index contributed by atoms with van der Waals surface area (Å²) in [5, 5.41) is 14.0. The number of aliphatic carboxylic acids is 1. The lowest BCUT2D eigenvalue weighted by Crippen LogP contribution is -2.57. The summed E-state index contributed by atoms with van der Waals surface area (Å²) in [5.74, 6) is -1.24. The number of hydrogen-bond donors (Lipinski definition) is 3. The zero-order valence-corrected chi connectivity index (χ0v) is 12.2. The van der Waals surface area contributed by atoms with E-state index >= 15 is 0 Å². The van der Waals surface area contributed by atoms with Crippen molar-refractivity contribution in [2.24, 2.45) is 0 Å². The predicted octanol–water partition coefficient (Wildman–Crippen LogP) is 0.550. The van der Waals surface area contributed by atoms with Crippen LogP contribution < -0.4 is 10.6 Å². The Hall–Kier alpha value is -1.79. The van der Waals surface area contributed by atoms with Crippen molar-refractivity contribution < 1.29 is 19.5 Å². The van der Waals surface area contributed by atoms with Crippen molar-refractivity contribution in [2.75, 3.05) is 13.1 Å². The molecule has 1 heterocycles. The molecule has 3 N–H and O–H groups in total. The van der Waals surface area contributed by atoms with Crippen molar-refractivity contribution in [3.05, 3.63) is 0 Å². The number of carboxylic acids is 1. The Bertz CT molecular complexity index is 393. The molecule has 7 heteroatoms. The predicted molar refractivity (Wildman–Crippen MR) is 73.3 cm³/mol. The number of hydrogen-bond acceptors (Lipinski definition) is 3. The van der Waals surface area contributed by atoms with Gasteiger partial charge >= 0.3 is 12.0 Å². The molecule has 0 aliphatic carbocycles. The van der Waals surface area contributed by atoms with Crippen LogP contribution in [0.15, 0.2) is 0 Å². The summed E-state index contributed by atoms with van der Waals surface area (Å²) >= 11 is 0. The molecule has 1 fully saturated rings. The molecule has 114 valence electrons. The topological polar surface area (TPSA) is 98.7 Å². The first-order chi connectivity index (χ1) is 9.30. The van der Waals surface area contributed by atoms with Gasteiger partial charge in [0.2, 0.25) is 5.91 Å². The first kappa shape index (κ1) is 16.3. The number of urea groups is 1. The summed E-state index contributed by atoms with van der Waals surface area (Å²) in [6, 6.07) is -1.31. The minimum absolute atomic E-state index is 0.133. The number of likely N-dealkylation sites (tertiary alicyclic amines) is 1. The summed E-state index contributed by atoms with van der Waals surface area (Å²) in [7, 11) is 0. The zero-order chi connectivity index (χ0) is 15.3. The molecule has 7 nitrogen and oxygen atoms in total. The van der Waals surface area contributed by atoms with Gasteiger partial charge < -0.3 is 20.6 Å². The maximum absolute atomic E-state index is 12.0. The van der Waals surface area contributed by atoms with Crippen LogP contribution in [0.25, 0.3) is 0 Å². The van der Waals surface area contributed by atoms with E-state index in [2.05, 4.69) is 10.6 Å². The molecule has 0 saturated carbocycles. The first-order valence-electron chi connectivity index (χ1n) is 6.91. The number of nitrogens with one attached hydrogen (secondary N) is 2. The molecule has 0 aromatic carbocycles.